The van der Waals surface area contributed by atoms with Crippen LogP contribution in [0.5, 0.6) is 0 Å². The van der Waals surface area contributed by atoms with Gasteiger partial charge in [0.2, 0.25) is 10.0 Å². The molecule has 0 spiro atoms. The fourth-order valence-corrected chi connectivity index (χ4v) is 3.27. The number of hydrogen-bond donors (Lipinski definition) is 1. The first kappa shape index (κ1) is 18.9. The van der Waals surface area contributed by atoms with E-state index in [2.05, 4.69) is 5.32 Å². The zero-order valence-corrected chi connectivity index (χ0v) is 15.1. The SMILES string of the molecule is CC(C)CNC(=O)c1cc(S(=O)(=O)N(C)C(C)C)ccc1Cl. The number of benzene rings is 1. The molecular weight excluding hydrogens is 324 g/mol. The second-order valence-electron chi connectivity index (χ2n) is 5.86. The molecule has 0 aliphatic rings. The molecule has 1 aromatic rings. The Morgan fingerprint density at radius 1 is 1.27 bits per heavy atom. The highest BCUT2D eigenvalue weighted by molar-refractivity contribution is 7.89. The molecule has 0 bridgehead atoms. The number of hydrogen-bond acceptors (Lipinski definition) is 3. The van der Waals surface area contributed by atoms with E-state index in [1.165, 1.54) is 29.6 Å². The third-order valence-electron chi connectivity index (χ3n) is 3.26. The molecule has 0 heterocycles. The van der Waals surface area contributed by atoms with Crippen LogP contribution in [-0.4, -0.2) is 38.3 Å². The Hall–Kier alpha value is -1.11. The number of sulfonamides is 1. The van der Waals surface area contributed by atoms with Gasteiger partial charge in [-0.25, -0.2) is 8.42 Å². The molecule has 1 N–H and O–H groups in total. The van der Waals surface area contributed by atoms with Gasteiger partial charge in [0.05, 0.1) is 15.5 Å². The summed E-state index contributed by atoms with van der Waals surface area (Å²) in [7, 11) is -2.14. The molecule has 0 aliphatic heterocycles. The highest BCUT2D eigenvalue weighted by Crippen LogP contribution is 2.23. The summed E-state index contributed by atoms with van der Waals surface area (Å²) in [6.45, 7) is 8.01. The molecule has 1 aromatic carbocycles. The first-order chi connectivity index (χ1) is 10.1. The Morgan fingerprint density at radius 3 is 2.36 bits per heavy atom. The number of rotatable bonds is 6. The van der Waals surface area contributed by atoms with Crippen molar-refractivity contribution in [1.82, 2.24) is 9.62 Å². The predicted molar refractivity (Wildman–Crippen MR) is 88.7 cm³/mol. The lowest BCUT2D eigenvalue weighted by molar-refractivity contribution is 0.0949. The van der Waals surface area contributed by atoms with Crippen LogP contribution in [0.4, 0.5) is 0 Å². The molecule has 0 aromatic heterocycles. The molecule has 1 amide bonds. The van der Waals surface area contributed by atoms with Gasteiger partial charge in [0.25, 0.3) is 5.91 Å². The zero-order valence-electron chi connectivity index (χ0n) is 13.6. The summed E-state index contributed by atoms with van der Waals surface area (Å²) in [5.74, 6) is -0.0790. The summed E-state index contributed by atoms with van der Waals surface area (Å²) < 4.78 is 26.2. The average Bonchev–Trinajstić information content (AvgIpc) is 2.43. The molecule has 0 unspecified atom stereocenters. The Bertz CT molecular complexity index is 642. The Morgan fingerprint density at radius 2 is 1.86 bits per heavy atom. The van der Waals surface area contributed by atoms with E-state index >= 15 is 0 Å². The van der Waals surface area contributed by atoms with Crippen molar-refractivity contribution in [3.8, 4) is 0 Å². The number of nitrogens with one attached hydrogen (secondary N) is 1. The summed E-state index contributed by atoms with van der Waals surface area (Å²) >= 11 is 6.03. The summed E-state index contributed by atoms with van der Waals surface area (Å²) in [5.41, 5.74) is 0.167. The van der Waals surface area contributed by atoms with Crippen molar-refractivity contribution >= 4 is 27.5 Å². The largest absolute Gasteiger partial charge is 0.352 e. The minimum absolute atomic E-state index is 0.0581. The molecule has 124 valence electrons. The molecule has 0 saturated heterocycles. The van der Waals surface area contributed by atoms with Gasteiger partial charge in [-0.1, -0.05) is 25.4 Å². The van der Waals surface area contributed by atoms with Crippen LogP contribution in [-0.2, 0) is 10.0 Å². The van der Waals surface area contributed by atoms with E-state index in [0.29, 0.717) is 12.5 Å². The van der Waals surface area contributed by atoms with E-state index in [9.17, 15) is 13.2 Å². The maximum absolute atomic E-state index is 12.5. The third kappa shape index (κ3) is 4.44. The van der Waals surface area contributed by atoms with Gasteiger partial charge in [-0.3, -0.25) is 4.79 Å². The second-order valence-corrected chi connectivity index (χ2v) is 8.27. The van der Waals surface area contributed by atoms with Crippen molar-refractivity contribution in [3.05, 3.63) is 28.8 Å². The van der Waals surface area contributed by atoms with Gasteiger partial charge >= 0.3 is 0 Å². The molecule has 0 atom stereocenters. The first-order valence-electron chi connectivity index (χ1n) is 7.13. The molecule has 0 saturated carbocycles. The van der Waals surface area contributed by atoms with E-state index in [-0.39, 0.29) is 27.4 Å². The van der Waals surface area contributed by atoms with E-state index in [4.69, 9.17) is 11.6 Å². The fourth-order valence-electron chi connectivity index (χ4n) is 1.67. The van der Waals surface area contributed by atoms with Crippen LogP contribution >= 0.6 is 11.6 Å². The summed E-state index contributed by atoms with van der Waals surface area (Å²) in [6, 6.07) is 3.99. The Balaban J connectivity index is 3.17. The lowest BCUT2D eigenvalue weighted by Crippen LogP contribution is -2.33. The standard InChI is InChI=1S/C15H23ClN2O3S/c1-10(2)9-17-15(19)13-8-12(6-7-14(13)16)22(20,21)18(5)11(3)4/h6-8,10-11H,9H2,1-5H3,(H,17,19). The van der Waals surface area contributed by atoms with Gasteiger partial charge in [-0.05, 0) is 38.0 Å². The minimum Gasteiger partial charge on any atom is -0.352 e. The van der Waals surface area contributed by atoms with Crippen LogP contribution < -0.4 is 5.32 Å². The van der Waals surface area contributed by atoms with Crippen LogP contribution in [0, 0.1) is 5.92 Å². The van der Waals surface area contributed by atoms with Gasteiger partial charge < -0.3 is 5.32 Å². The van der Waals surface area contributed by atoms with Crippen LogP contribution in [0.2, 0.25) is 5.02 Å². The maximum Gasteiger partial charge on any atom is 0.252 e. The third-order valence-corrected chi connectivity index (χ3v) is 5.62. The predicted octanol–water partition coefficient (Wildman–Crippen LogP) is 2.75. The van der Waals surface area contributed by atoms with Gasteiger partial charge in [0, 0.05) is 19.6 Å². The average molecular weight is 347 g/mol. The molecule has 0 aliphatic carbocycles. The first-order valence-corrected chi connectivity index (χ1v) is 8.95. The second kappa shape index (κ2) is 7.44. The lowest BCUT2D eigenvalue weighted by atomic mass is 10.2. The van der Waals surface area contributed by atoms with E-state index in [0.717, 1.165) is 0 Å². The van der Waals surface area contributed by atoms with Crippen LogP contribution in [0.15, 0.2) is 23.1 Å². The molecule has 0 radical (unpaired) electrons. The molecule has 7 heteroatoms. The Kier molecular flexibility index (Phi) is 6.40. The summed E-state index contributed by atoms with van der Waals surface area (Å²) in [4.78, 5) is 12.2. The van der Waals surface area contributed by atoms with Gasteiger partial charge in [0.1, 0.15) is 0 Å². The smallest absolute Gasteiger partial charge is 0.252 e. The highest BCUT2D eigenvalue weighted by Gasteiger charge is 2.25. The van der Waals surface area contributed by atoms with Crippen LogP contribution in [0.1, 0.15) is 38.1 Å². The van der Waals surface area contributed by atoms with Crippen LogP contribution in [0.3, 0.4) is 0 Å². The fraction of sp³-hybridized carbons (Fsp3) is 0.533. The maximum atomic E-state index is 12.5. The summed E-state index contributed by atoms with van der Waals surface area (Å²) in [5, 5.41) is 2.97. The monoisotopic (exact) mass is 346 g/mol. The molecule has 22 heavy (non-hydrogen) atoms. The van der Waals surface area contributed by atoms with Crippen molar-refractivity contribution < 1.29 is 13.2 Å². The molecule has 0 fully saturated rings. The number of halogens is 1. The van der Waals surface area contributed by atoms with Crippen molar-refractivity contribution in [2.24, 2.45) is 5.92 Å². The van der Waals surface area contributed by atoms with Crippen molar-refractivity contribution in [2.45, 2.75) is 38.6 Å². The molecular formula is C15H23ClN2O3S. The quantitative estimate of drug-likeness (QED) is 0.861. The molecule has 1 rings (SSSR count). The van der Waals surface area contributed by atoms with Crippen molar-refractivity contribution in [1.29, 1.82) is 0 Å². The lowest BCUT2D eigenvalue weighted by Gasteiger charge is -2.21. The summed E-state index contributed by atoms with van der Waals surface area (Å²) in [6.07, 6.45) is 0. The van der Waals surface area contributed by atoms with Gasteiger partial charge in [0.15, 0.2) is 0 Å². The van der Waals surface area contributed by atoms with Gasteiger partial charge in [-0.2, -0.15) is 4.31 Å². The highest BCUT2D eigenvalue weighted by atomic mass is 35.5. The topological polar surface area (TPSA) is 66.5 Å². The van der Waals surface area contributed by atoms with Crippen molar-refractivity contribution in [2.75, 3.05) is 13.6 Å². The van der Waals surface area contributed by atoms with Crippen molar-refractivity contribution in [3.63, 3.8) is 0 Å². The Labute approximate surface area is 137 Å². The van der Waals surface area contributed by atoms with Crippen LogP contribution in [0.25, 0.3) is 0 Å². The normalized spacial score (nSPS) is 12.2. The number of nitrogens with zero attached hydrogens (tertiary/aromatic N) is 1. The number of carbonyl (C=O) groups is 1. The number of carbonyl (C=O) groups excluding carboxylic acids is 1. The van der Waals surface area contributed by atoms with E-state index < -0.39 is 10.0 Å². The van der Waals surface area contributed by atoms with Gasteiger partial charge in [-0.15, -0.1) is 0 Å². The van der Waals surface area contributed by atoms with E-state index in [1.807, 2.05) is 13.8 Å². The zero-order chi connectivity index (χ0) is 17.1. The van der Waals surface area contributed by atoms with E-state index in [1.54, 1.807) is 13.8 Å². The minimum atomic E-state index is -3.65. The number of amides is 1. The molecule has 5 nitrogen and oxygen atoms in total.